The fraction of sp³-hybridized carbons (Fsp3) is 0.833. The van der Waals surface area contributed by atoms with Gasteiger partial charge in [-0.05, 0) is 15.6 Å². The second-order valence-electron chi connectivity index (χ2n) is 7.01. The van der Waals surface area contributed by atoms with Crippen LogP contribution < -0.4 is 0 Å². The average Bonchev–Trinajstić information content (AvgIpc) is 2.46. The van der Waals surface area contributed by atoms with E-state index in [1.165, 1.54) is 0 Å². The van der Waals surface area contributed by atoms with Crippen molar-refractivity contribution in [1.82, 2.24) is 20.2 Å². The van der Waals surface area contributed by atoms with Gasteiger partial charge in [0, 0.05) is 6.54 Å². The van der Waals surface area contributed by atoms with Crippen molar-refractivity contribution in [2.45, 2.75) is 28.6 Å². The standard InChI is InChI=1S/C6H16B6N4/c7-4(8)1-5(9,10)6(11,12)3-13-14-15-16(3)2-4/h1-2,7-12H2. The Morgan fingerprint density at radius 1 is 1.06 bits per heavy atom. The Bertz CT molecular complexity index is 413. The molecule has 0 aromatic carbocycles. The fourth-order valence-corrected chi connectivity index (χ4v) is 2.94. The lowest BCUT2D eigenvalue weighted by Crippen LogP contribution is -2.44. The van der Waals surface area contributed by atoms with E-state index in [1.54, 1.807) is 0 Å². The zero-order chi connectivity index (χ0) is 12.2. The van der Waals surface area contributed by atoms with Crippen molar-refractivity contribution < 1.29 is 0 Å². The molecule has 0 fully saturated rings. The molecule has 10 heteroatoms. The summed E-state index contributed by atoms with van der Waals surface area (Å²) in [5.41, 5.74) is 0. The minimum Gasteiger partial charge on any atom is -0.231 e. The van der Waals surface area contributed by atoms with Crippen LogP contribution in [0.1, 0.15) is 12.2 Å². The zero-order valence-corrected chi connectivity index (χ0v) is 11.2. The van der Waals surface area contributed by atoms with Gasteiger partial charge in [0.2, 0.25) is 0 Å². The molecule has 78 valence electrons. The van der Waals surface area contributed by atoms with E-state index in [2.05, 4.69) is 62.6 Å². The Balaban J connectivity index is 2.59. The van der Waals surface area contributed by atoms with Gasteiger partial charge in [-0.15, -0.1) is 5.10 Å². The number of hydrogen-bond acceptors (Lipinski definition) is 3. The fourth-order valence-electron chi connectivity index (χ4n) is 2.94. The second kappa shape index (κ2) is 3.23. The van der Waals surface area contributed by atoms with Crippen LogP contribution in [0.2, 0.25) is 10.4 Å². The molecular formula is C6H16B6N4. The number of hydrogen-bond donors (Lipinski definition) is 0. The summed E-state index contributed by atoms with van der Waals surface area (Å²) in [5.74, 6) is 1.02. The topological polar surface area (TPSA) is 43.6 Å². The number of tetrazole rings is 1. The van der Waals surface area contributed by atoms with Crippen LogP contribution in [0, 0.1) is 0 Å². The van der Waals surface area contributed by atoms with Gasteiger partial charge in [-0.3, -0.25) is 0 Å². The molecule has 0 unspecified atom stereocenters. The van der Waals surface area contributed by atoms with Gasteiger partial charge in [-0.1, -0.05) is 16.8 Å². The number of nitrogens with zero attached hydrogens (tertiary/aromatic N) is 4. The summed E-state index contributed by atoms with van der Waals surface area (Å²) < 4.78 is 1.98. The minimum absolute atomic E-state index is 0.00424. The van der Waals surface area contributed by atoms with E-state index >= 15 is 0 Å². The van der Waals surface area contributed by atoms with Gasteiger partial charge in [0.25, 0.3) is 0 Å². The third-order valence-electron chi connectivity index (χ3n) is 4.28. The molecule has 1 aliphatic rings. The largest absolute Gasteiger partial charge is 0.231 e. The summed E-state index contributed by atoms with van der Waals surface area (Å²) in [6.07, 6.45) is 1.16. The molecule has 0 atom stereocenters. The Morgan fingerprint density at radius 3 is 2.31 bits per heavy atom. The van der Waals surface area contributed by atoms with Crippen molar-refractivity contribution in [1.29, 1.82) is 0 Å². The van der Waals surface area contributed by atoms with Gasteiger partial charge in [0.05, 0.1) is 15.7 Å². The zero-order valence-electron chi connectivity index (χ0n) is 11.2. The van der Waals surface area contributed by atoms with Crippen molar-refractivity contribution in [3.8, 4) is 0 Å². The van der Waals surface area contributed by atoms with E-state index in [0.717, 1.165) is 18.8 Å². The minimum atomic E-state index is 0.00424. The van der Waals surface area contributed by atoms with Crippen LogP contribution in [0.3, 0.4) is 0 Å². The van der Waals surface area contributed by atoms with E-state index < -0.39 is 0 Å². The molecule has 0 saturated carbocycles. The SMILES string of the molecule is BC1(B)Cn2nnnc2C(B)(B)C(B)(B)C1. The average molecular weight is 209 g/mol. The normalized spacial score (nSPS) is 25.5. The lowest BCUT2D eigenvalue weighted by atomic mass is 9.26. The molecule has 1 aromatic heterocycles. The van der Waals surface area contributed by atoms with E-state index in [1.807, 2.05) is 4.68 Å². The van der Waals surface area contributed by atoms with Crippen LogP contribution in [-0.2, 0) is 11.8 Å². The smallest absolute Gasteiger partial charge is 0.141 e. The van der Waals surface area contributed by atoms with Gasteiger partial charge in [0.1, 0.15) is 37.2 Å². The van der Waals surface area contributed by atoms with Crippen LogP contribution in [0.25, 0.3) is 0 Å². The Hall–Kier alpha value is -0.540. The summed E-state index contributed by atoms with van der Waals surface area (Å²) >= 11 is 0. The van der Waals surface area contributed by atoms with Crippen LogP contribution in [0.15, 0.2) is 0 Å². The molecule has 2 heterocycles. The Labute approximate surface area is 102 Å². The van der Waals surface area contributed by atoms with Crippen LogP contribution >= 0.6 is 0 Å². The predicted octanol–water partition coefficient (Wildman–Crippen LogP) is -5.74. The van der Waals surface area contributed by atoms with E-state index in [0.29, 0.717) is 0 Å². The Morgan fingerprint density at radius 2 is 1.69 bits per heavy atom. The van der Waals surface area contributed by atoms with Gasteiger partial charge in [-0.25, -0.2) is 4.68 Å². The maximum Gasteiger partial charge on any atom is 0.141 e. The van der Waals surface area contributed by atoms with Crippen LogP contribution in [0.5, 0.6) is 0 Å². The molecule has 1 aromatic rings. The monoisotopic (exact) mass is 210 g/mol. The van der Waals surface area contributed by atoms with E-state index in [-0.39, 0.29) is 15.6 Å². The summed E-state index contributed by atoms with van der Waals surface area (Å²) in [5, 5.41) is 12.6. The van der Waals surface area contributed by atoms with Crippen molar-refractivity contribution in [2.24, 2.45) is 0 Å². The highest BCUT2D eigenvalue weighted by molar-refractivity contribution is 6.55. The molecule has 0 aliphatic carbocycles. The van der Waals surface area contributed by atoms with Crippen LogP contribution in [0.4, 0.5) is 0 Å². The van der Waals surface area contributed by atoms with Crippen molar-refractivity contribution in [3.63, 3.8) is 0 Å². The highest BCUT2D eigenvalue weighted by Crippen LogP contribution is 2.49. The van der Waals surface area contributed by atoms with Gasteiger partial charge >= 0.3 is 0 Å². The summed E-state index contributed by atoms with van der Waals surface area (Å²) in [4.78, 5) is 0. The van der Waals surface area contributed by atoms with Crippen molar-refractivity contribution >= 4 is 47.1 Å². The number of rotatable bonds is 0. The highest BCUT2D eigenvalue weighted by atomic mass is 15.5. The molecule has 0 saturated heterocycles. The molecule has 0 spiro atoms. The first-order chi connectivity index (χ1) is 7.16. The summed E-state index contributed by atoms with van der Waals surface area (Å²) in [7, 11) is 13.7. The number of fused-ring (bicyclic) bond motifs is 1. The Kier molecular flexibility index (Phi) is 2.41. The first-order valence-corrected chi connectivity index (χ1v) is 5.92. The van der Waals surface area contributed by atoms with E-state index in [9.17, 15) is 0 Å². The third kappa shape index (κ3) is 1.66. The first-order valence-electron chi connectivity index (χ1n) is 5.92. The maximum absolute atomic E-state index is 4.23. The summed E-state index contributed by atoms with van der Waals surface area (Å²) in [6.45, 7) is 0.905. The van der Waals surface area contributed by atoms with E-state index in [4.69, 9.17) is 0 Å². The highest BCUT2D eigenvalue weighted by Gasteiger charge is 2.47. The molecule has 0 bridgehead atoms. The molecule has 1 aliphatic heterocycles. The first kappa shape index (κ1) is 11.9. The second-order valence-corrected chi connectivity index (χ2v) is 7.01. The van der Waals surface area contributed by atoms with Crippen molar-refractivity contribution in [2.75, 3.05) is 0 Å². The molecule has 0 N–H and O–H groups in total. The lowest BCUT2D eigenvalue weighted by molar-refractivity contribution is 0.513. The molecule has 0 radical (unpaired) electrons. The molecule has 16 heavy (non-hydrogen) atoms. The predicted molar refractivity (Wildman–Crippen MR) is 80.8 cm³/mol. The molecule has 4 nitrogen and oxygen atoms in total. The van der Waals surface area contributed by atoms with Gasteiger partial charge < -0.3 is 0 Å². The van der Waals surface area contributed by atoms with Crippen molar-refractivity contribution in [3.05, 3.63) is 5.82 Å². The molecular weight excluding hydrogens is 193 g/mol. The molecule has 2 rings (SSSR count). The molecule has 0 amide bonds. The third-order valence-corrected chi connectivity index (χ3v) is 4.28. The van der Waals surface area contributed by atoms with Gasteiger partial charge in [0.15, 0.2) is 0 Å². The van der Waals surface area contributed by atoms with Crippen LogP contribution in [-0.4, -0.2) is 67.3 Å². The maximum atomic E-state index is 4.23. The quantitative estimate of drug-likeness (QED) is 0.400. The lowest BCUT2D eigenvalue weighted by Gasteiger charge is -2.42. The van der Waals surface area contributed by atoms with Gasteiger partial charge in [-0.2, -0.15) is 0 Å². The number of aromatic nitrogens is 4. The summed E-state index contributed by atoms with van der Waals surface area (Å²) in [6, 6.07) is 0.